The molecule has 0 atom stereocenters. The first-order valence-electron chi connectivity index (χ1n) is 5.49. The minimum atomic E-state index is 1.35. The average molecular weight is 188 g/mol. The van der Waals surface area contributed by atoms with Crippen LogP contribution in [0.15, 0.2) is 0 Å². The first-order valence-corrected chi connectivity index (χ1v) is 6.65. The first kappa shape index (κ1) is 12.3. The van der Waals surface area contributed by atoms with Crippen molar-refractivity contribution in [3.05, 3.63) is 0 Å². The van der Waals surface area contributed by atoms with Gasteiger partial charge in [-0.2, -0.15) is 11.8 Å². The molecule has 0 aromatic carbocycles. The molecule has 0 saturated heterocycles. The molecule has 0 N–H and O–H groups in total. The minimum absolute atomic E-state index is 1.35. The van der Waals surface area contributed by atoms with Crippen LogP contribution in [0.5, 0.6) is 0 Å². The summed E-state index contributed by atoms with van der Waals surface area (Å²) in [6.07, 6.45) is 9.89. The average Bonchev–Trinajstić information content (AvgIpc) is 2.10. The van der Waals surface area contributed by atoms with Crippen LogP contribution in [0.1, 0.15) is 58.8 Å². The quantitative estimate of drug-likeness (QED) is 0.480. The predicted octanol–water partition coefficient (Wildman–Crippen LogP) is 4.49. The fraction of sp³-hybridized carbons (Fsp3) is 1.00. The highest BCUT2D eigenvalue weighted by atomic mass is 32.2. The fourth-order valence-corrected chi connectivity index (χ4v) is 2.26. The molecule has 0 saturated carbocycles. The lowest BCUT2D eigenvalue weighted by Crippen LogP contribution is -1.84. The summed E-state index contributed by atoms with van der Waals surface area (Å²) in [4.78, 5) is 0. The van der Waals surface area contributed by atoms with E-state index in [0.29, 0.717) is 0 Å². The molecule has 0 fully saturated rings. The Morgan fingerprint density at radius 2 is 1.25 bits per heavy atom. The second kappa shape index (κ2) is 11.4. The van der Waals surface area contributed by atoms with Gasteiger partial charge in [0, 0.05) is 0 Å². The van der Waals surface area contributed by atoms with E-state index in [1.807, 2.05) is 0 Å². The van der Waals surface area contributed by atoms with Crippen LogP contribution in [0.2, 0.25) is 0 Å². The summed E-state index contributed by atoms with van der Waals surface area (Å²) in [5, 5.41) is 0. The predicted molar refractivity (Wildman–Crippen MR) is 61.0 cm³/mol. The molecule has 12 heavy (non-hydrogen) atoms. The van der Waals surface area contributed by atoms with Gasteiger partial charge in [0.25, 0.3) is 0 Å². The topological polar surface area (TPSA) is 0 Å². The van der Waals surface area contributed by atoms with Gasteiger partial charge in [0.15, 0.2) is 0 Å². The highest BCUT2D eigenvalue weighted by molar-refractivity contribution is 7.99. The van der Waals surface area contributed by atoms with Gasteiger partial charge >= 0.3 is 0 Å². The third-order valence-electron chi connectivity index (χ3n) is 2.03. The van der Waals surface area contributed by atoms with E-state index in [4.69, 9.17) is 0 Å². The van der Waals surface area contributed by atoms with Crippen molar-refractivity contribution < 1.29 is 0 Å². The summed E-state index contributed by atoms with van der Waals surface area (Å²) in [5.74, 6) is 2.77. The molecule has 0 unspecified atom stereocenters. The molecule has 0 aliphatic heterocycles. The van der Waals surface area contributed by atoms with Crippen molar-refractivity contribution in [1.29, 1.82) is 0 Å². The van der Waals surface area contributed by atoms with Crippen LogP contribution in [0.4, 0.5) is 0 Å². The van der Waals surface area contributed by atoms with Crippen molar-refractivity contribution in [3.63, 3.8) is 0 Å². The largest absolute Gasteiger partial charge is 0.162 e. The van der Waals surface area contributed by atoms with Crippen LogP contribution in [-0.4, -0.2) is 11.5 Å². The SMILES string of the molecule is CCCCCCCSCCCC. The van der Waals surface area contributed by atoms with Crippen LogP contribution in [-0.2, 0) is 0 Å². The van der Waals surface area contributed by atoms with Crippen molar-refractivity contribution in [1.82, 2.24) is 0 Å². The molecule has 0 amide bonds. The lowest BCUT2D eigenvalue weighted by molar-refractivity contribution is 0.659. The van der Waals surface area contributed by atoms with Crippen molar-refractivity contribution in [2.45, 2.75) is 58.8 Å². The van der Waals surface area contributed by atoms with Gasteiger partial charge in [0.2, 0.25) is 0 Å². The van der Waals surface area contributed by atoms with Crippen molar-refractivity contribution >= 4 is 11.8 Å². The van der Waals surface area contributed by atoms with Gasteiger partial charge in [-0.1, -0.05) is 46.0 Å². The molecule has 0 spiro atoms. The fourth-order valence-electron chi connectivity index (χ4n) is 1.16. The van der Waals surface area contributed by atoms with E-state index < -0.39 is 0 Å². The van der Waals surface area contributed by atoms with E-state index in [1.165, 1.54) is 56.5 Å². The Kier molecular flexibility index (Phi) is 11.7. The number of rotatable bonds is 9. The highest BCUT2D eigenvalue weighted by Gasteiger charge is 1.90. The molecule has 74 valence electrons. The van der Waals surface area contributed by atoms with Crippen LogP contribution in [0, 0.1) is 0 Å². The molecule has 0 radical (unpaired) electrons. The van der Waals surface area contributed by atoms with Crippen molar-refractivity contribution in [3.8, 4) is 0 Å². The van der Waals surface area contributed by atoms with Crippen LogP contribution in [0.25, 0.3) is 0 Å². The zero-order valence-electron chi connectivity index (χ0n) is 8.77. The Bertz CT molecular complexity index is 61.4. The number of hydrogen-bond acceptors (Lipinski definition) is 1. The zero-order valence-corrected chi connectivity index (χ0v) is 9.59. The summed E-state index contributed by atoms with van der Waals surface area (Å²) in [6.45, 7) is 4.54. The molecular formula is C11H24S. The molecule has 0 heterocycles. The molecule has 0 bridgehead atoms. The molecule has 0 aromatic rings. The Balaban J connectivity index is 2.73. The van der Waals surface area contributed by atoms with Crippen molar-refractivity contribution in [2.24, 2.45) is 0 Å². The number of thioether (sulfide) groups is 1. The van der Waals surface area contributed by atoms with Gasteiger partial charge < -0.3 is 0 Å². The van der Waals surface area contributed by atoms with E-state index in [2.05, 4.69) is 25.6 Å². The lowest BCUT2D eigenvalue weighted by Gasteiger charge is -2.00. The summed E-state index contributed by atoms with van der Waals surface area (Å²) < 4.78 is 0. The van der Waals surface area contributed by atoms with E-state index in [0.717, 1.165) is 0 Å². The third-order valence-corrected chi connectivity index (χ3v) is 3.19. The normalized spacial score (nSPS) is 10.5. The van der Waals surface area contributed by atoms with Gasteiger partial charge in [-0.3, -0.25) is 0 Å². The molecular weight excluding hydrogens is 164 g/mol. The summed E-state index contributed by atoms with van der Waals surface area (Å²) in [6, 6.07) is 0. The van der Waals surface area contributed by atoms with E-state index in [1.54, 1.807) is 0 Å². The van der Waals surface area contributed by atoms with Gasteiger partial charge in [-0.15, -0.1) is 0 Å². The molecule has 0 nitrogen and oxygen atoms in total. The molecule has 0 aliphatic carbocycles. The maximum atomic E-state index is 2.27. The monoisotopic (exact) mass is 188 g/mol. The van der Waals surface area contributed by atoms with Gasteiger partial charge in [0.05, 0.1) is 0 Å². The van der Waals surface area contributed by atoms with Gasteiger partial charge in [-0.25, -0.2) is 0 Å². The van der Waals surface area contributed by atoms with Gasteiger partial charge in [-0.05, 0) is 24.3 Å². The minimum Gasteiger partial charge on any atom is -0.162 e. The summed E-state index contributed by atoms with van der Waals surface area (Å²) in [7, 11) is 0. The van der Waals surface area contributed by atoms with Gasteiger partial charge in [0.1, 0.15) is 0 Å². The lowest BCUT2D eigenvalue weighted by atomic mass is 10.2. The zero-order chi connectivity index (χ0) is 9.07. The smallest absolute Gasteiger partial charge is 0.00675 e. The van der Waals surface area contributed by atoms with E-state index in [9.17, 15) is 0 Å². The standard InChI is InChI=1S/C11H24S/c1-3-5-7-8-9-11-12-10-6-4-2/h3-11H2,1-2H3. The maximum absolute atomic E-state index is 2.27. The number of hydrogen-bond donors (Lipinski definition) is 0. The van der Waals surface area contributed by atoms with Crippen LogP contribution < -0.4 is 0 Å². The highest BCUT2D eigenvalue weighted by Crippen LogP contribution is 2.10. The van der Waals surface area contributed by atoms with E-state index >= 15 is 0 Å². The summed E-state index contributed by atoms with van der Waals surface area (Å²) in [5.41, 5.74) is 0. The second-order valence-corrected chi connectivity index (χ2v) is 4.60. The van der Waals surface area contributed by atoms with Crippen LogP contribution >= 0.6 is 11.8 Å². The Labute approximate surface area is 82.5 Å². The van der Waals surface area contributed by atoms with Crippen LogP contribution in [0.3, 0.4) is 0 Å². The summed E-state index contributed by atoms with van der Waals surface area (Å²) >= 11 is 2.14. The molecule has 1 heteroatoms. The Morgan fingerprint density at radius 1 is 0.667 bits per heavy atom. The maximum Gasteiger partial charge on any atom is -0.00675 e. The molecule has 0 aromatic heterocycles. The van der Waals surface area contributed by atoms with Crippen molar-refractivity contribution in [2.75, 3.05) is 11.5 Å². The molecule has 0 rings (SSSR count). The van der Waals surface area contributed by atoms with E-state index in [-0.39, 0.29) is 0 Å². The Morgan fingerprint density at radius 3 is 1.92 bits per heavy atom. The Hall–Kier alpha value is 0.350. The molecule has 0 aliphatic rings. The second-order valence-electron chi connectivity index (χ2n) is 3.38. The third kappa shape index (κ3) is 10.3. The number of unbranched alkanes of at least 4 members (excludes halogenated alkanes) is 5. The first-order chi connectivity index (χ1) is 5.91.